The normalized spacial score (nSPS) is 17.5. The van der Waals surface area contributed by atoms with Gasteiger partial charge in [0.2, 0.25) is 0 Å². The number of anilines is 1. The second-order valence-corrected chi connectivity index (χ2v) is 5.28. The highest BCUT2D eigenvalue weighted by molar-refractivity contribution is 6.32. The lowest BCUT2D eigenvalue weighted by Crippen LogP contribution is -2.32. The van der Waals surface area contributed by atoms with Gasteiger partial charge in [-0.05, 0) is 38.9 Å². The molecule has 6 heteroatoms. The first kappa shape index (κ1) is 14.5. The summed E-state index contributed by atoms with van der Waals surface area (Å²) in [5, 5.41) is 0.638. The van der Waals surface area contributed by atoms with Crippen LogP contribution < -0.4 is 10.6 Å². The van der Waals surface area contributed by atoms with Crippen molar-refractivity contribution in [3.63, 3.8) is 0 Å². The summed E-state index contributed by atoms with van der Waals surface area (Å²) in [5.41, 5.74) is 5.53. The van der Waals surface area contributed by atoms with E-state index in [1.165, 1.54) is 6.42 Å². The molecule has 2 rings (SSSR count). The molecule has 0 saturated carbocycles. The van der Waals surface area contributed by atoms with Crippen LogP contribution in [0.25, 0.3) is 0 Å². The molecule has 106 valence electrons. The minimum atomic E-state index is 0.638. The topological polar surface area (TPSA) is 58.3 Å². The summed E-state index contributed by atoms with van der Waals surface area (Å²) in [6.07, 6.45) is 6.66. The fourth-order valence-corrected chi connectivity index (χ4v) is 2.65. The van der Waals surface area contributed by atoms with E-state index in [0.717, 1.165) is 57.9 Å². The summed E-state index contributed by atoms with van der Waals surface area (Å²) in [6, 6.07) is 0. The third-order valence-electron chi connectivity index (χ3n) is 3.46. The van der Waals surface area contributed by atoms with Gasteiger partial charge in [0.1, 0.15) is 11.3 Å². The standard InChI is InChI=1S/C13H22ClN5/c14-12-10-16-11-17-13(12)19-7-3-6-18(8-9-19)5-2-1-4-15/h10-11H,1-9,15H2. The number of hydrogen-bond donors (Lipinski definition) is 1. The van der Waals surface area contributed by atoms with Crippen LogP contribution in [0.3, 0.4) is 0 Å². The van der Waals surface area contributed by atoms with Crippen molar-refractivity contribution < 1.29 is 0 Å². The number of rotatable bonds is 5. The summed E-state index contributed by atoms with van der Waals surface area (Å²) in [4.78, 5) is 13.0. The maximum Gasteiger partial charge on any atom is 0.150 e. The summed E-state index contributed by atoms with van der Waals surface area (Å²) in [6.45, 7) is 6.11. The molecule has 0 bridgehead atoms. The molecule has 0 atom stereocenters. The molecule has 0 spiro atoms. The van der Waals surface area contributed by atoms with Crippen molar-refractivity contribution in [1.82, 2.24) is 14.9 Å². The van der Waals surface area contributed by atoms with Crippen LogP contribution in [0.5, 0.6) is 0 Å². The SMILES string of the molecule is NCCCCN1CCCN(c2ncncc2Cl)CC1. The van der Waals surface area contributed by atoms with Crippen LogP contribution in [-0.4, -0.2) is 54.1 Å². The fourth-order valence-electron chi connectivity index (χ4n) is 2.42. The molecule has 1 saturated heterocycles. The highest BCUT2D eigenvalue weighted by Gasteiger charge is 2.17. The van der Waals surface area contributed by atoms with E-state index in [4.69, 9.17) is 17.3 Å². The third-order valence-corrected chi connectivity index (χ3v) is 3.73. The molecule has 0 aliphatic carbocycles. The van der Waals surface area contributed by atoms with E-state index in [1.54, 1.807) is 12.5 Å². The highest BCUT2D eigenvalue weighted by atomic mass is 35.5. The van der Waals surface area contributed by atoms with Crippen LogP contribution in [0, 0.1) is 0 Å². The maximum absolute atomic E-state index is 6.16. The second-order valence-electron chi connectivity index (χ2n) is 4.87. The third kappa shape index (κ3) is 4.30. The van der Waals surface area contributed by atoms with Crippen molar-refractivity contribution in [3.05, 3.63) is 17.5 Å². The Morgan fingerprint density at radius 3 is 2.89 bits per heavy atom. The Kier molecular flexibility index (Phi) is 5.82. The Morgan fingerprint density at radius 2 is 2.11 bits per heavy atom. The molecule has 0 radical (unpaired) electrons. The van der Waals surface area contributed by atoms with E-state index in [2.05, 4.69) is 19.8 Å². The largest absolute Gasteiger partial charge is 0.354 e. The van der Waals surface area contributed by atoms with E-state index in [9.17, 15) is 0 Å². The van der Waals surface area contributed by atoms with Crippen LogP contribution in [0.2, 0.25) is 5.02 Å². The smallest absolute Gasteiger partial charge is 0.150 e. The molecule has 2 N–H and O–H groups in total. The van der Waals surface area contributed by atoms with E-state index < -0.39 is 0 Å². The minimum Gasteiger partial charge on any atom is -0.354 e. The number of unbranched alkanes of at least 4 members (excludes halogenated alkanes) is 1. The summed E-state index contributed by atoms with van der Waals surface area (Å²) in [7, 11) is 0. The molecule has 1 aromatic rings. The summed E-state index contributed by atoms with van der Waals surface area (Å²) < 4.78 is 0. The van der Waals surface area contributed by atoms with Gasteiger partial charge >= 0.3 is 0 Å². The zero-order valence-corrected chi connectivity index (χ0v) is 12.0. The Labute approximate surface area is 119 Å². The molecule has 0 aromatic carbocycles. The molecule has 5 nitrogen and oxygen atoms in total. The number of hydrogen-bond acceptors (Lipinski definition) is 5. The zero-order chi connectivity index (χ0) is 13.5. The molecule has 19 heavy (non-hydrogen) atoms. The van der Waals surface area contributed by atoms with Gasteiger partial charge in [-0.25, -0.2) is 9.97 Å². The van der Waals surface area contributed by atoms with Gasteiger partial charge in [-0.15, -0.1) is 0 Å². The average Bonchev–Trinajstić information content (AvgIpc) is 2.65. The number of nitrogens with two attached hydrogens (primary N) is 1. The van der Waals surface area contributed by atoms with E-state index >= 15 is 0 Å². The molecular weight excluding hydrogens is 262 g/mol. The molecule has 1 aliphatic rings. The molecule has 1 fully saturated rings. The first-order chi connectivity index (χ1) is 9.31. The lowest BCUT2D eigenvalue weighted by atomic mass is 10.3. The predicted octanol–water partition coefficient (Wildman–Crippen LogP) is 1.38. The van der Waals surface area contributed by atoms with Crippen LogP contribution >= 0.6 is 11.6 Å². The quantitative estimate of drug-likeness (QED) is 0.828. The van der Waals surface area contributed by atoms with Gasteiger partial charge in [-0.2, -0.15) is 0 Å². The second kappa shape index (κ2) is 7.62. The molecular formula is C13H22ClN5. The van der Waals surface area contributed by atoms with Crippen molar-refractivity contribution in [1.29, 1.82) is 0 Å². The van der Waals surface area contributed by atoms with Crippen LogP contribution in [0.4, 0.5) is 5.82 Å². The van der Waals surface area contributed by atoms with Crippen molar-refractivity contribution in [3.8, 4) is 0 Å². The minimum absolute atomic E-state index is 0.638. The van der Waals surface area contributed by atoms with Gasteiger partial charge in [-0.3, -0.25) is 0 Å². The van der Waals surface area contributed by atoms with E-state index in [1.807, 2.05) is 0 Å². The average molecular weight is 284 g/mol. The van der Waals surface area contributed by atoms with Gasteiger partial charge in [-0.1, -0.05) is 11.6 Å². The lowest BCUT2D eigenvalue weighted by Gasteiger charge is -2.23. The van der Waals surface area contributed by atoms with Gasteiger partial charge in [0.25, 0.3) is 0 Å². The van der Waals surface area contributed by atoms with Crippen molar-refractivity contribution >= 4 is 17.4 Å². The van der Waals surface area contributed by atoms with Gasteiger partial charge in [0, 0.05) is 19.6 Å². The van der Waals surface area contributed by atoms with Crippen LogP contribution in [0.15, 0.2) is 12.5 Å². The van der Waals surface area contributed by atoms with Crippen molar-refractivity contribution in [2.24, 2.45) is 5.73 Å². The van der Waals surface area contributed by atoms with Gasteiger partial charge in [0.15, 0.2) is 5.82 Å². The van der Waals surface area contributed by atoms with E-state index in [0.29, 0.717) is 5.02 Å². The molecule has 2 heterocycles. The molecule has 0 unspecified atom stereocenters. The first-order valence-electron chi connectivity index (χ1n) is 6.94. The Hall–Kier alpha value is -0.910. The molecule has 1 aromatic heterocycles. The maximum atomic E-state index is 6.16. The van der Waals surface area contributed by atoms with Crippen LogP contribution in [0.1, 0.15) is 19.3 Å². The summed E-state index contributed by atoms with van der Waals surface area (Å²) in [5.74, 6) is 0.862. The highest BCUT2D eigenvalue weighted by Crippen LogP contribution is 2.22. The molecule has 0 amide bonds. The van der Waals surface area contributed by atoms with Gasteiger partial charge in [0.05, 0.1) is 6.20 Å². The van der Waals surface area contributed by atoms with Crippen molar-refractivity contribution in [2.45, 2.75) is 19.3 Å². The van der Waals surface area contributed by atoms with Crippen LogP contribution in [-0.2, 0) is 0 Å². The predicted molar refractivity (Wildman–Crippen MR) is 78.6 cm³/mol. The Morgan fingerprint density at radius 1 is 1.21 bits per heavy atom. The van der Waals surface area contributed by atoms with Gasteiger partial charge < -0.3 is 15.5 Å². The summed E-state index contributed by atoms with van der Waals surface area (Å²) >= 11 is 6.16. The Bertz CT molecular complexity index is 387. The zero-order valence-electron chi connectivity index (χ0n) is 11.3. The first-order valence-corrected chi connectivity index (χ1v) is 7.32. The number of nitrogens with zero attached hydrogens (tertiary/aromatic N) is 4. The number of aromatic nitrogens is 2. The lowest BCUT2D eigenvalue weighted by molar-refractivity contribution is 0.288. The number of halogens is 1. The van der Waals surface area contributed by atoms with Crippen molar-refractivity contribution in [2.75, 3.05) is 44.2 Å². The van der Waals surface area contributed by atoms with E-state index in [-0.39, 0.29) is 0 Å². The Balaban J connectivity index is 1.88. The molecule has 1 aliphatic heterocycles. The fraction of sp³-hybridized carbons (Fsp3) is 0.692. The monoisotopic (exact) mass is 283 g/mol.